The van der Waals surface area contributed by atoms with E-state index in [-0.39, 0.29) is 11.9 Å². The van der Waals surface area contributed by atoms with Crippen molar-refractivity contribution in [3.8, 4) is 0 Å². The highest BCUT2D eigenvalue weighted by molar-refractivity contribution is 9.10. The first-order chi connectivity index (χ1) is 9.15. The van der Waals surface area contributed by atoms with Gasteiger partial charge < -0.3 is 5.73 Å². The van der Waals surface area contributed by atoms with Gasteiger partial charge in [-0.2, -0.15) is 0 Å². The first kappa shape index (κ1) is 12.8. The fourth-order valence-electron chi connectivity index (χ4n) is 2.81. The summed E-state index contributed by atoms with van der Waals surface area (Å²) in [5.41, 5.74) is 10.1. The van der Waals surface area contributed by atoms with Crippen molar-refractivity contribution in [1.29, 1.82) is 0 Å². The summed E-state index contributed by atoms with van der Waals surface area (Å²) >= 11 is 3.39. The van der Waals surface area contributed by atoms with Crippen LogP contribution in [0.5, 0.6) is 0 Å². The predicted octanol–water partition coefficient (Wildman–Crippen LogP) is 4.32. The molecule has 0 saturated carbocycles. The lowest BCUT2D eigenvalue weighted by Gasteiger charge is -2.32. The standard InChI is InChI=1S/C16H15BrFN/c17-15-9-12(18)5-6-14(15)16(19)8-11-7-10-3-1-2-4-13(10)11/h1-6,9,11,16H,7-8,19H2. The maximum atomic E-state index is 13.1. The van der Waals surface area contributed by atoms with Gasteiger partial charge in [0.2, 0.25) is 0 Å². The van der Waals surface area contributed by atoms with Crippen LogP contribution in [-0.2, 0) is 6.42 Å². The number of nitrogens with two attached hydrogens (primary N) is 1. The molecule has 98 valence electrons. The van der Waals surface area contributed by atoms with Gasteiger partial charge in [0.25, 0.3) is 0 Å². The molecular formula is C16H15BrFN. The van der Waals surface area contributed by atoms with Crippen LogP contribution in [0.25, 0.3) is 0 Å². The lowest BCUT2D eigenvalue weighted by atomic mass is 9.74. The Morgan fingerprint density at radius 1 is 1.26 bits per heavy atom. The van der Waals surface area contributed by atoms with Gasteiger partial charge in [-0.1, -0.05) is 46.3 Å². The number of fused-ring (bicyclic) bond motifs is 1. The van der Waals surface area contributed by atoms with Crippen LogP contribution in [0.15, 0.2) is 46.9 Å². The quantitative estimate of drug-likeness (QED) is 0.895. The first-order valence-corrected chi connectivity index (χ1v) is 7.23. The number of halogens is 2. The van der Waals surface area contributed by atoms with Crippen molar-refractivity contribution in [2.45, 2.75) is 24.8 Å². The van der Waals surface area contributed by atoms with Crippen molar-refractivity contribution in [3.05, 3.63) is 69.4 Å². The normalized spacial score (nSPS) is 18.6. The molecule has 0 spiro atoms. The third kappa shape index (κ3) is 2.45. The molecular weight excluding hydrogens is 305 g/mol. The Balaban J connectivity index is 1.75. The summed E-state index contributed by atoms with van der Waals surface area (Å²) in [6.45, 7) is 0. The molecule has 0 heterocycles. The molecule has 19 heavy (non-hydrogen) atoms. The van der Waals surface area contributed by atoms with Crippen molar-refractivity contribution in [2.75, 3.05) is 0 Å². The zero-order chi connectivity index (χ0) is 13.4. The topological polar surface area (TPSA) is 26.0 Å². The third-order valence-electron chi connectivity index (χ3n) is 3.86. The number of hydrogen-bond donors (Lipinski definition) is 1. The second-order valence-corrected chi connectivity index (χ2v) is 5.96. The molecule has 3 rings (SSSR count). The molecule has 2 N–H and O–H groups in total. The molecule has 2 aromatic rings. The van der Waals surface area contributed by atoms with E-state index in [1.807, 2.05) is 0 Å². The van der Waals surface area contributed by atoms with Crippen LogP contribution in [-0.4, -0.2) is 0 Å². The minimum Gasteiger partial charge on any atom is -0.324 e. The Morgan fingerprint density at radius 3 is 2.79 bits per heavy atom. The highest BCUT2D eigenvalue weighted by atomic mass is 79.9. The maximum Gasteiger partial charge on any atom is 0.124 e. The minimum atomic E-state index is -0.239. The molecule has 2 aromatic carbocycles. The van der Waals surface area contributed by atoms with E-state index in [2.05, 4.69) is 40.2 Å². The number of rotatable bonds is 3. The number of benzene rings is 2. The van der Waals surface area contributed by atoms with Crippen molar-refractivity contribution in [3.63, 3.8) is 0 Å². The Kier molecular flexibility index (Phi) is 3.42. The van der Waals surface area contributed by atoms with Gasteiger partial charge in [0.1, 0.15) is 5.82 Å². The average Bonchev–Trinajstić information content (AvgIpc) is 2.35. The molecule has 1 aliphatic carbocycles. The highest BCUT2D eigenvalue weighted by Crippen LogP contribution is 2.40. The van der Waals surface area contributed by atoms with E-state index in [0.717, 1.165) is 22.9 Å². The zero-order valence-corrected chi connectivity index (χ0v) is 12.0. The van der Waals surface area contributed by atoms with Gasteiger partial charge in [-0.15, -0.1) is 0 Å². The lowest BCUT2D eigenvalue weighted by Crippen LogP contribution is -2.23. The summed E-state index contributed by atoms with van der Waals surface area (Å²) in [5.74, 6) is 0.292. The van der Waals surface area contributed by atoms with Gasteiger partial charge in [0.15, 0.2) is 0 Å². The van der Waals surface area contributed by atoms with Crippen LogP contribution >= 0.6 is 15.9 Å². The third-order valence-corrected chi connectivity index (χ3v) is 4.55. The number of hydrogen-bond acceptors (Lipinski definition) is 1. The molecule has 2 atom stereocenters. The molecule has 1 nitrogen and oxygen atoms in total. The van der Waals surface area contributed by atoms with E-state index in [9.17, 15) is 4.39 Å². The van der Waals surface area contributed by atoms with E-state index < -0.39 is 0 Å². The van der Waals surface area contributed by atoms with Gasteiger partial charge in [0, 0.05) is 10.5 Å². The molecule has 0 saturated heterocycles. The van der Waals surface area contributed by atoms with E-state index in [1.165, 1.54) is 23.3 Å². The maximum absolute atomic E-state index is 13.1. The van der Waals surface area contributed by atoms with Crippen molar-refractivity contribution in [1.82, 2.24) is 0 Å². The second-order valence-electron chi connectivity index (χ2n) is 5.11. The van der Waals surface area contributed by atoms with Gasteiger partial charge in [-0.25, -0.2) is 4.39 Å². The van der Waals surface area contributed by atoms with Crippen LogP contribution in [0, 0.1) is 5.82 Å². The zero-order valence-electron chi connectivity index (χ0n) is 10.4. The summed E-state index contributed by atoms with van der Waals surface area (Å²) in [7, 11) is 0. The van der Waals surface area contributed by atoms with Crippen LogP contribution in [0.4, 0.5) is 4.39 Å². The molecule has 0 bridgehead atoms. The summed E-state index contributed by atoms with van der Waals surface area (Å²) in [6.07, 6.45) is 2.00. The van der Waals surface area contributed by atoms with Crippen LogP contribution in [0.2, 0.25) is 0 Å². The van der Waals surface area contributed by atoms with Gasteiger partial charge in [0.05, 0.1) is 0 Å². The van der Waals surface area contributed by atoms with Gasteiger partial charge in [-0.05, 0) is 47.6 Å². The molecule has 2 unspecified atom stereocenters. The predicted molar refractivity (Wildman–Crippen MR) is 78.5 cm³/mol. The first-order valence-electron chi connectivity index (χ1n) is 6.43. The molecule has 0 radical (unpaired) electrons. The van der Waals surface area contributed by atoms with Crippen molar-refractivity contribution < 1.29 is 4.39 Å². The summed E-state index contributed by atoms with van der Waals surface area (Å²) in [4.78, 5) is 0. The Labute approximate surface area is 120 Å². The molecule has 0 fully saturated rings. The van der Waals surface area contributed by atoms with E-state index in [4.69, 9.17) is 5.73 Å². The summed E-state index contributed by atoms with van der Waals surface area (Å²) < 4.78 is 13.8. The lowest BCUT2D eigenvalue weighted by molar-refractivity contribution is 0.497. The van der Waals surface area contributed by atoms with Crippen LogP contribution in [0.1, 0.15) is 35.1 Å². The fourth-order valence-corrected chi connectivity index (χ4v) is 3.45. The Hall–Kier alpha value is -1.19. The van der Waals surface area contributed by atoms with E-state index in [1.54, 1.807) is 6.07 Å². The smallest absolute Gasteiger partial charge is 0.124 e. The van der Waals surface area contributed by atoms with Crippen molar-refractivity contribution >= 4 is 15.9 Å². The Morgan fingerprint density at radius 2 is 2.05 bits per heavy atom. The summed E-state index contributed by atoms with van der Waals surface area (Å²) in [5, 5.41) is 0. The fraction of sp³-hybridized carbons (Fsp3) is 0.250. The Bertz CT molecular complexity index is 611. The molecule has 0 aromatic heterocycles. The SMILES string of the molecule is NC(CC1Cc2ccccc21)c1ccc(F)cc1Br. The molecule has 0 aliphatic heterocycles. The summed E-state index contributed by atoms with van der Waals surface area (Å²) in [6, 6.07) is 13.2. The largest absolute Gasteiger partial charge is 0.324 e. The van der Waals surface area contributed by atoms with Crippen molar-refractivity contribution in [2.24, 2.45) is 5.73 Å². The highest BCUT2D eigenvalue weighted by Gasteiger charge is 2.27. The van der Waals surface area contributed by atoms with E-state index >= 15 is 0 Å². The van der Waals surface area contributed by atoms with Gasteiger partial charge >= 0.3 is 0 Å². The molecule has 3 heteroatoms. The molecule has 1 aliphatic rings. The van der Waals surface area contributed by atoms with Crippen LogP contribution < -0.4 is 5.73 Å². The van der Waals surface area contributed by atoms with Gasteiger partial charge in [-0.3, -0.25) is 0 Å². The minimum absolute atomic E-state index is 0.0617. The average molecular weight is 320 g/mol. The molecule has 0 amide bonds. The van der Waals surface area contributed by atoms with Crippen LogP contribution in [0.3, 0.4) is 0 Å². The second kappa shape index (κ2) is 5.06. The van der Waals surface area contributed by atoms with E-state index in [0.29, 0.717) is 5.92 Å². The monoisotopic (exact) mass is 319 g/mol.